The molecule has 102 valence electrons. The number of amides is 1. The maximum absolute atomic E-state index is 11.5. The van der Waals surface area contributed by atoms with Crippen LogP contribution < -0.4 is 11.1 Å². The Kier molecular flexibility index (Phi) is 2.60. The molecule has 0 atom stereocenters. The van der Waals surface area contributed by atoms with Crippen LogP contribution >= 0.6 is 11.3 Å². The van der Waals surface area contributed by atoms with Crippen molar-refractivity contribution in [3.8, 4) is 11.1 Å². The largest absolute Gasteiger partial charge is 0.390 e. The molecule has 1 aliphatic carbocycles. The molecule has 0 bridgehead atoms. The highest BCUT2D eigenvalue weighted by Crippen LogP contribution is 2.43. The number of hydrogen-bond donors (Lipinski definition) is 2. The van der Waals surface area contributed by atoms with Gasteiger partial charge in [-0.25, -0.2) is 0 Å². The van der Waals surface area contributed by atoms with Crippen molar-refractivity contribution in [1.82, 2.24) is 0 Å². The smallest absolute Gasteiger partial charge is 0.228 e. The molecule has 2 heterocycles. The lowest BCUT2D eigenvalue weighted by molar-refractivity contribution is -0.115. The third-order valence-corrected chi connectivity index (χ3v) is 5.34. The summed E-state index contributed by atoms with van der Waals surface area (Å²) in [4.78, 5) is 12.9. The molecule has 3 nitrogen and oxygen atoms in total. The van der Waals surface area contributed by atoms with Crippen LogP contribution in [0, 0.1) is 0 Å². The second-order valence-electron chi connectivity index (χ2n) is 5.55. The van der Waals surface area contributed by atoms with E-state index in [2.05, 4.69) is 17.4 Å². The number of carbonyl (C=O) groups is 1. The molecule has 1 aromatic heterocycles. The minimum atomic E-state index is 0.0810. The van der Waals surface area contributed by atoms with Gasteiger partial charge in [0.1, 0.15) is 0 Å². The lowest BCUT2D eigenvalue weighted by atomic mass is 9.91. The molecular formula is C16H16N2OS. The van der Waals surface area contributed by atoms with Crippen molar-refractivity contribution in [2.24, 2.45) is 0 Å². The molecule has 2 aliphatic rings. The first-order valence-electron chi connectivity index (χ1n) is 7.05. The molecular weight excluding hydrogens is 268 g/mol. The Hall–Kier alpha value is -1.81. The Morgan fingerprint density at radius 1 is 1.20 bits per heavy atom. The van der Waals surface area contributed by atoms with Gasteiger partial charge in [-0.05, 0) is 54.5 Å². The van der Waals surface area contributed by atoms with Crippen LogP contribution in [0.15, 0.2) is 18.2 Å². The number of nitrogen functional groups attached to an aromatic ring is 1. The number of anilines is 2. The number of hydrogen-bond acceptors (Lipinski definition) is 3. The van der Waals surface area contributed by atoms with Gasteiger partial charge in [0.15, 0.2) is 0 Å². The summed E-state index contributed by atoms with van der Waals surface area (Å²) in [5.74, 6) is 0.0810. The van der Waals surface area contributed by atoms with Crippen LogP contribution in [-0.2, 0) is 24.1 Å². The van der Waals surface area contributed by atoms with Crippen LogP contribution in [0.4, 0.5) is 10.7 Å². The Bertz CT molecular complexity index is 718. The van der Waals surface area contributed by atoms with E-state index in [0.717, 1.165) is 34.7 Å². The Balaban J connectivity index is 1.84. The summed E-state index contributed by atoms with van der Waals surface area (Å²) >= 11 is 1.74. The molecule has 0 fully saturated rings. The number of fused-ring (bicyclic) bond motifs is 2. The van der Waals surface area contributed by atoms with Gasteiger partial charge >= 0.3 is 0 Å². The van der Waals surface area contributed by atoms with Gasteiger partial charge in [0.2, 0.25) is 5.91 Å². The maximum atomic E-state index is 11.5. The van der Waals surface area contributed by atoms with Crippen molar-refractivity contribution in [3.63, 3.8) is 0 Å². The Morgan fingerprint density at radius 2 is 2.05 bits per heavy atom. The fraction of sp³-hybridized carbons (Fsp3) is 0.312. The first kappa shape index (κ1) is 12.0. The third-order valence-electron chi connectivity index (χ3n) is 4.22. The van der Waals surface area contributed by atoms with E-state index >= 15 is 0 Å². The lowest BCUT2D eigenvalue weighted by Crippen LogP contribution is -2.03. The second-order valence-corrected chi connectivity index (χ2v) is 6.68. The number of carbonyl (C=O) groups excluding carboxylic acids is 1. The van der Waals surface area contributed by atoms with Crippen LogP contribution in [0.1, 0.15) is 28.8 Å². The van der Waals surface area contributed by atoms with Gasteiger partial charge in [0.05, 0.1) is 11.4 Å². The molecule has 0 saturated carbocycles. The maximum Gasteiger partial charge on any atom is 0.228 e. The summed E-state index contributed by atoms with van der Waals surface area (Å²) in [7, 11) is 0. The van der Waals surface area contributed by atoms with E-state index in [-0.39, 0.29) is 5.91 Å². The number of rotatable bonds is 1. The van der Waals surface area contributed by atoms with Crippen LogP contribution in [0.5, 0.6) is 0 Å². The number of thiophene rings is 1. The van der Waals surface area contributed by atoms with Gasteiger partial charge in [-0.2, -0.15) is 0 Å². The van der Waals surface area contributed by atoms with Crippen LogP contribution in [0.3, 0.4) is 0 Å². The van der Waals surface area contributed by atoms with E-state index in [1.165, 1.54) is 28.8 Å². The molecule has 1 aromatic carbocycles. The highest BCUT2D eigenvalue weighted by Gasteiger charge is 2.23. The number of aryl methyl sites for hydroxylation is 1. The highest BCUT2D eigenvalue weighted by molar-refractivity contribution is 7.16. The zero-order valence-electron chi connectivity index (χ0n) is 11.2. The first-order chi connectivity index (χ1) is 9.72. The minimum absolute atomic E-state index is 0.0810. The average Bonchev–Trinajstić information content (AvgIpc) is 2.95. The third kappa shape index (κ3) is 1.75. The molecule has 0 unspecified atom stereocenters. The summed E-state index contributed by atoms with van der Waals surface area (Å²) in [6, 6.07) is 6.21. The van der Waals surface area contributed by atoms with Gasteiger partial charge in [-0.1, -0.05) is 6.07 Å². The molecule has 4 heteroatoms. The zero-order valence-corrected chi connectivity index (χ0v) is 12.0. The van der Waals surface area contributed by atoms with Gasteiger partial charge in [0.25, 0.3) is 0 Å². The quantitative estimate of drug-likeness (QED) is 0.843. The second kappa shape index (κ2) is 4.35. The average molecular weight is 284 g/mol. The molecule has 0 spiro atoms. The highest BCUT2D eigenvalue weighted by atomic mass is 32.1. The summed E-state index contributed by atoms with van der Waals surface area (Å²) < 4.78 is 0. The Morgan fingerprint density at radius 3 is 2.95 bits per heavy atom. The van der Waals surface area contributed by atoms with E-state index in [1.54, 1.807) is 11.3 Å². The topological polar surface area (TPSA) is 55.1 Å². The standard InChI is InChI=1S/C16H16N2OS/c17-16-15(11-3-1-2-4-13(11)20-16)9-5-6-12-10(7-9)8-14(19)18-12/h5-7H,1-4,8,17H2,(H,18,19). The fourth-order valence-corrected chi connectivity index (χ4v) is 4.47. The van der Waals surface area contributed by atoms with E-state index in [0.29, 0.717) is 6.42 Å². The van der Waals surface area contributed by atoms with Crippen LogP contribution in [-0.4, -0.2) is 5.91 Å². The molecule has 1 amide bonds. The summed E-state index contributed by atoms with van der Waals surface area (Å²) in [5, 5.41) is 3.80. The van der Waals surface area contributed by atoms with Gasteiger partial charge in [-0.3, -0.25) is 4.79 Å². The van der Waals surface area contributed by atoms with Crippen LogP contribution in [0.2, 0.25) is 0 Å². The number of benzene rings is 1. The van der Waals surface area contributed by atoms with Gasteiger partial charge in [-0.15, -0.1) is 11.3 Å². The number of nitrogens with one attached hydrogen (secondary N) is 1. The molecule has 3 N–H and O–H groups in total. The molecule has 4 rings (SSSR count). The van der Waals surface area contributed by atoms with E-state index < -0.39 is 0 Å². The fourth-order valence-electron chi connectivity index (χ4n) is 3.29. The predicted octanol–water partition coefficient (Wildman–Crippen LogP) is 3.37. The van der Waals surface area contributed by atoms with Gasteiger partial charge in [0, 0.05) is 16.1 Å². The minimum Gasteiger partial charge on any atom is -0.390 e. The normalized spacial score (nSPS) is 16.7. The van der Waals surface area contributed by atoms with Crippen molar-refractivity contribution >= 4 is 27.9 Å². The van der Waals surface area contributed by atoms with Crippen molar-refractivity contribution in [2.75, 3.05) is 11.1 Å². The summed E-state index contributed by atoms with van der Waals surface area (Å²) in [6.45, 7) is 0. The van der Waals surface area contributed by atoms with Crippen molar-refractivity contribution < 1.29 is 4.79 Å². The van der Waals surface area contributed by atoms with E-state index in [9.17, 15) is 4.79 Å². The molecule has 0 saturated heterocycles. The molecule has 20 heavy (non-hydrogen) atoms. The molecule has 0 radical (unpaired) electrons. The zero-order chi connectivity index (χ0) is 13.7. The van der Waals surface area contributed by atoms with Crippen molar-refractivity contribution in [1.29, 1.82) is 0 Å². The lowest BCUT2D eigenvalue weighted by Gasteiger charge is -2.13. The molecule has 2 aromatic rings. The van der Waals surface area contributed by atoms with E-state index in [4.69, 9.17) is 5.73 Å². The van der Waals surface area contributed by atoms with Crippen molar-refractivity contribution in [2.45, 2.75) is 32.1 Å². The van der Waals surface area contributed by atoms with Crippen LogP contribution in [0.25, 0.3) is 11.1 Å². The summed E-state index contributed by atoms with van der Waals surface area (Å²) in [6.07, 6.45) is 5.30. The molecule has 1 aliphatic heterocycles. The van der Waals surface area contributed by atoms with Gasteiger partial charge < -0.3 is 11.1 Å². The SMILES string of the molecule is Nc1sc2c(c1-c1ccc3c(c1)CC(=O)N3)CCCC2. The predicted molar refractivity (Wildman–Crippen MR) is 83.1 cm³/mol. The number of nitrogens with two attached hydrogens (primary N) is 1. The first-order valence-corrected chi connectivity index (χ1v) is 7.87. The van der Waals surface area contributed by atoms with E-state index in [1.807, 2.05) is 6.07 Å². The monoisotopic (exact) mass is 284 g/mol. The summed E-state index contributed by atoms with van der Waals surface area (Å²) in [5.41, 5.74) is 12.1. The van der Waals surface area contributed by atoms with Crippen molar-refractivity contribution in [3.05, 3.63) is 34.2 Å². The Labute approximate surface area is 121 Å².